The van der Waals surface area contributed by atoms with E-state index < -0.39 is 0 Å². The molecule has 7 heteroatoms. The van der Waals surface area contributed by atoms with Gasteiger partial charge in [0.1, 0.15) is 0 Å². The lowest BCUT2D eigenvalue weighted by Crippen LogP contribution is -2.36. The summed E-state index contributed by atoms with van der Waals surface area (Å²) < 4.78 is 5.00. The zero-order valence-electron chi connectivity index (χ0n) is 11.1. The summed E-state index contributed by atoms with van der Waals surface area (Å²) in [6.07, 6.45) is 0.454. The summed E-state index contributed by atoms with van der Waals surface area (Å²) in [6, 6.07) is 4.77. The molecule has 0 saturated heterocycles. The van der Waals surface area contributed by atoms with Gasteiger partial charge < -0.3 is 15.4 Å². The summed E-state index contributed by atoms with van der Waals surface area (Å²) in [5, 5.41) is 0.804. The van der Waals surface area contributed by atoms with Gasteiger partial charge in [0, 0.05) is 31.6 Å². The normalized spacial score (nSPS) is 10.3. The second kappa shape index (κ2) is 8.42. The molecule has 0 atom stereocenters. The molecule has 0 radical (unpaired) electrons. The number of thiocarbonyl (C=S) groups is 1. The van der Waals surface area contributed by atoms with E-state index in [0.717, 1.165) is 0 Å². The Morgan fingerprint density at radius 1 is 1.40 bits per heavy atom. The first-order valence-corrected chi connectivity index (χ1v) is 7.13. The molecule has 1 rings (SSSR count). The molecule has 0 unspecified atom stereocenters. The molecule has 1 amide bonds. The molecule has 0 heterocycles. The van der Waals surface area contributed by atoms with E-state index in [-0.39, 0.29) is 5.91 Å². The van der Waals surface area contributed by atoms with Gasteiger partial charge in [0.05, 0.1) is 22.2 Å². The lowest BCUT2D eigenvalue weighted by Gasteiger charge is -2.22. The van der Waals surface area contributed by atoms with Crippen LogP contribution in [0.15, 0.2) is 18.2 Å². The SMILES string of the molecule is COCCN(CCC(N)=S)C(=O)c1ccc(Cl)cc1Cl. The van der Waals surface area contributed by atoms with E-state index in [9.17, 15) is 4.79 Å². The Kier molecular flexibility index (Phi) is 7.23. The third kappa shape index (κ3) is 5.25. The van der Waals surface area contributed by atoms with Gasteiger partial charge in [-0.25, -0.2) is 0 Å². The fourth-order valence-corrected chi connectivity index (χ4v) is 2.18. The van der Waals surface area contributed by atoms with Crippen molar-refractivity contribution in [2.75, 3.05) is 26.8 Å². The Balaban J connectivity index is 2.87. The van der Waals surface area contributed by atoms with Gasteiger partial charge >= 0.3 is 0 Å². The summed E-state index contributed by atoms with van der Waals surface area (Å²) in [4.78, 5) is 14.4. The highest BCUT2D eigenvalue weighted by Crippen LogP contribution is 2.22. The molecule has 0 aliphatic rings. The number of methoxy groups -OCH3 is 1. The van der Waals surface area contributed by atoms with E-state index in [1.807, 2.05) is 0 Å². The van der Waals surface area contributed by atoms with Crippen LogP contribution in [0, 0.1) is 0 Å². The maximum Gasteiger partial charge on any atom is 0.255 e. The Morgan fingerprint density at radius 2 is 2.10 bits per heavy atom. The highest BCUT2D eigenvalue weighted by atomic mass is 35.5. The first-order chi connectivity index (χ1) is 9.45. The zero-order chi connectivity index (χ0) is 15.1. The third-order valence-electron chi connectivity index (χ3n) is 2.64. The number of amides is 1. The number of hydrogen-bond acceptors (Lipinski definition) is 3. The summed E-state index contributed by atoms with van der Waals surface area (Å²) in [5.41, 5.74) is 5.87. The lowest BCUT2D eigenvalue weighted by atomic mass is 10.2. The first-order valence-electron chi connectivity index (χ1n) is 5.97. The number of nitrogens with two attached hydrogens (primary N) is 1. The van der Waals surface area contributed by atoms with Crippen LogP contribution in [0.1, 0.15) is 16.8 Å². The molecule has 1 aromatic rings. The minimum Gasteiger partial charge on any atom is -0.393 e. The maximum absolute atomic E-state index is 12.5. The number of carbonyl (C=O) groups is 1. The van der Waals surface area contributed by atoms with Crippen molar-refractivity contribution in [3.05, 3.63) is 33.8 Å². The van der Waals surface area contributed by atoms with Crippen molar-refractivity contribution in [2.24, 2.45) is 5.73 Å². The lowest BCUT2D eigenvalue weighted by molar-refractivity contribution is 0.0701. The van der Waals surface area contributed by atoms with Crippen LogP contribution in [-0.2, 0) is 4.74 Å². The van der Waals surface area contributed by atoms with E-state index in [1.165, 1.54) is 0 Å². The minimum atomic E-state index is -0.194. The highest BCUT2D eigenvalue weighted by molar-refractivity contribution is 7.80. The second-order valence-electron chi connectivity index (χ2n) is 4.13. The number of halogens is 2. The van der Waals surface area contributed by atoms with E-state index in [4.69, 9.17) is 45.9 Å². The summed E-state index contributed by atoms with van der Waals surface area (Å²) >= 11 is 16.7. The Morgan fingerprint density at radius 3 is 2.65 bits per heavy atom. The molecule has 20 heavy (non-hydrogen) atoms. The number of hydrogen-bond donors (Lipinski definition) is 1. The second-order valence-corrected chi connectivity index (χ2v) is 5.49. The number of rotatable bonds is 7. The van der Waals surface area contributed by atoms with Gasteiger partial charge in [-0.05, 0) is 18.2 Å². The van der Waals surface area contributed by atoms with Crippen LogP contribution in [0.3, 0.4) is 0 Å². The van der Waals surface area contributed by atoms with Crippen LogP contribution in [-0.4, -0.2) is 42.6 Å². The molecule has 4 nitrogen and oxygen atoms in total. The minimum absolute atomic E-state index is 0.194. The summed E-state index contributed by atoms with van der Waals surface area (Å²) in [7, 11) is 1.57. The fourth-order valence-electron chi connectivity index (χ4n) is 1.59. The van der Waals surface area contributed by atoms with Crippen LogP contribution < -0.4 is 5.73 Å². The number of ether oxygens (including phenoxy) is 1. The van der Waals surface area contributed by atoms with Crippen molar-refractivity contribution in [3.8, 4) is 0 Å². The van der Waals surface area contributed by atoms with Crippen LogP contribution in [0.25, 0.3) is 0 Å². The van der Waals surface area contributed by atoms with E-state index in [1.54, 1.807) is 30.2 Å². The van der Waals surface area contributed by atoms with E-state index in [0.29, 0.717) is 46.7 Å². The van der Waals surface area contributed by atoms with Gasteiger partial charge in [-0.3, -0.25) is 4.79 Å². The summed E-state index contributed by atoms with van der Waals surface area (Å²) in [6.45, 7) is 1.29. The summed E-state index contributed by atoms with van der Waals surface area (Å²) in [5.74, 6) is -0.194. The van der Waals surface area contributed by atoms with Crippen molar-refractivity contribution >= 4 is 46.3 Å². The molecule has 0 aliphatic heterocycles. The molecule has 0 bridgehead atoms. The van der Waals surface area contributed by atoms with Crippen molar-refractivity contribution in [2.45, 2.75) is 6.42 Å². The van der Waals surface area contributed by atoms with Crippen molar-refractivity contribution in [1.82, 2.24) is 4.90 Å². The van der Waals surface area contributed by atoms with Crippen LogP contribution >= 0.6 is 35.4 Å². The van der Waals surface area contributed by atoms with Gasteiger partial charge in [-0.1, -0.05) is 35.4 Å². The Bertz CT molecular complexity index is 497. The average molecular weight is 335 g/mol. The van der Waals surface area contributed by atoms with Crippen molar-refractivity contribution in [1.29, 1.82) is 0 Å². The Labute approximate surface area is 133 Å². The van der Waals surface area contributed by atoms with Crippen molar-refractivity contribution in [3.63, 3.8) is 0 Å². The predicted molar refractivity (Wildman–Crippen MR) is 85.6 cm³/mol. The molecule has 2 N–H and O–H groups in total. The smallest absolute Gasteiger partial charge is 0.255 e. The largest absolute Gasteiger partial charge is 0.393 e. The predicted octanol–water partition coefficient (Wildman–Crippen LogP) is 2.76. The van der Waals surface area contributed by atoms with Crippen LogP contribution in [0.5, 0.6) is 0 Å². The molecule has 110 valence electrons. The molecular weight excluding hydrogens is 319 g/mol. The van der Waals surface area contributed by atoms with Crippen LogP contribution in [0.2, 0.25) is 10.0 Å². The molecule has 0 aliphatic carbocycles. The quantitative estimate of drug-likeness (QED) is 0.779. The number of carbonyl (C=O) groups excluding carboxylic acids is 1. The number of benzene rings is 1. The zero-order valence-corrected chi connectivity index (χ0v) is 13.4. The molecule has 1 aromatic carbocycles. The third-order valence-corrected chi connectivity index (χ3v) is 3.39. The number of nitrogens with zero attached hydrogens (tertiary/aromatic N) is 1. The van der Waals surface area contributed by atoms with E-state index >= 15 is 0 Å². The van der Waals surface area contributed by atoms with E-state index in [2.05, 4.69) is 0 Å². The highest BCUT2D eigenvalue weighted by Gasteiger charge is 2.18. The standard InChI is InChI=1S/C13H16Cl2N2O2S/c1-19-7-6-17(5-4-12(16)20)13(18)10-3-2-9(14)8-11(10)15/h2-3,8H,4-7H2,1H3,(H2,16,20). The molecule has 0 saturated carbocycles. The van der Waals surface area contributed by atoms with Crippen molar-refractivity contribution < 1.29 is 9.53 Å². The van der Waals surface area contributed by atoms with Gasteiger partial charge in [0.25, 0.3) is 5.91 Å². The topological polar surface area (TPSA) is 55.6 Å². The maximum atomic E-state index is 12.5. The molecule has 0 spiro atoms. The Hall–Kier alpha value is -0.880. The molecule has 0 fully saturated rings. The fraction of sp³-hybridized carbons (Fsp3) is 0.385. The average Bonchev–Trinajstić information content (AvgIpc) is 2.38. The molecule has 0 aromatic heterocycles. The van der Waals surface area contributed by atoms with Gasteiger partial charge in [-0.2, -0.15) is 0 Å². The van der Waals surface area contributed by atoms with Crippen LogP contribution in [0.4, 0.5) is 0 Å². The van der Waals surface area contributed by atoms with Gasteiger partial charge in [-0.15, -0.1) is 0 Å². The van der Waals surface area contributed by atoms with Gasteiger partial charge in [0.2, 0.25) is 0 Å². The first kappa shape index (κ1) is 17.2. The monoisotopic (exact) mass is 334 g/mol. The molecular formula is C13H16Cl2N2O2S. The van der Waals surface area contributed by atoms with Gasteiger partial charge in [0.15, 0.2) is 0 Å².